The molecule has 1 heterocycles. The SMILES string of the molecule is COC[C@@H]1CC[C@@H](COC)N1. The lowest BCUT2D eigenvalue weighted by atomic mass is 10.2. The monoisotopic (exact) mass is 159 g/mol. The molecule has 1 saturated heterocycles. The van der Waals surface area contributed by atoms with Gasteiger partial charge in [-0.3, -0.25) is 0 Å². The molecule has 3 heteroatoms. The van der Waals surface area contributed by atoms with E-state index in [0.29, 0.717) is 12.1 Å². The largest absolute Gasteiger partial charge is 0.383 e. The summed E-state index contributed by atoms with van der Waals surface area (Å²) in [6, 6.07) is 1.08. The summed E-state index contributed by atoms with van der Waals surface area (Å²) < 4.78 is 10.1. The first-order valence-electron chi connectivity index (χ1n) is 4.10. The Bertz CT molecular complexity index is 96.3. The molecule has 1 fully saturated rings. The quantitative estimate of drug-likeness (QED) is 0.644. The van der Waals surface area contributed by atoms with Gasteiger partial charge in [-0.2, -0.15) is 0 Å². The minimum atomic E-state index is 0.542. The predicted octanol–water partition coefficient (Wildman–Crippen LogP) is 0.400. The second kappa shape index (κ2) is 4.70. The molecular formula is C8H17NO2. The Balaban J connectivity index is 2.12. The van der Waals surface area contributed by atoms with Crippen LogP contribution >= 0.6 is 0 Å². The van der Waals surface area contributed by atoms with Gasteiger partial charge >= 0.3 is 0 Å². The summed E-state index contributed by atoms with van der Waals surface area (Å²) in [5.41, 5.74) is 0. The molecule has 1 aliphatic rings. The van der Waals surface area contributed by atoms with E-state index in [9.17, 15) is 0 Å². The molecule has 1 N–H and O–H groups in total. The van der Waals surface area contributed by atoms with E-state index in [2.05, 4.69) is 5.32 Å². The highest BCUT2D eigenvalue weighted by Gasteiger charge is 2.22. The van der Waals surface area contributed by atoms with Gasteiger partial charge in [-0.05, 0) is 12.8 Å². The van der Waals surface area contributed by atoms with Gasteiger partial charge in [-0.15, -0.1) is 0 Å². The van der Waals surface area contributed by atoms with Gasteiger partial charge < -0.3 is 14.8 Å². The van der Waals surface area contributed by atoms with Crippen molar-refractivity contribution in [2.75, 3.05) is 27.4 Å². The zero-order valence-electron chi connectivity index (χ0n) is 7.30. The molecule has 1 rings (SSSR count). The summed E-state index contributed by atoms with van der Waals surface area (Å²) >= 11 is 0. The van der Waals surface area contributed by atoms with Gasteiger partial charge in [0.2, 0.25) is 0 Å². The molecular weight excluding hydrogens is 142 g/mol. The van der Waals surface area contributed by atoms with E-state index in [1.165, 1.54) is 12.8 Å². The smallest absolute Gasteiger partial charge is 0.0615 e. The zero-order chi connectivity index (χ0) is 8.10. The number of methoxy groups -OCH3 is 2. The van der Waals surface area contributed by atoms with Crippen LogP contribution in [-0.4, -0.2) is 39.5 Å². The van der Waals surface area contributed by atoms with Gasteiger partial charge in [-0.1, -0.05) is 0 Å². The summed E-state index contributed by atoms with van der Waals surface area (Å²) in [6.07, 6.45) is 2.42. The lowest BCUT2D eigenvalue weighted by Gasteiger charge is -2.12. The zero-order valence-corrected chi connectivity index (χ0v) is 7.30. The Morgan fingerprint density at radius 2 is 1.55 bits per heavy atom. The topological polar surface area (TPSA) is 30.5 Å². The average molecular weight is 159 g/mol. The number of hydrogen-bond donors (Lipinski definition) is 1. The van der Waals surface area contributed by atoms with Gasteiger partial charge in [-0.25, -0.2) is 0 Å². The summed E-state index contributed by atoms with van der Waals surface area (Å²) in [7, 11) is 3.48. The molecule has 3 nitrogen and oxygen atoms in total. The van der Waals surface area contributed by atoms with Crippen molar-refractivity contribution >= 4 is 0 Å². The van der Waals surface area contributed by atoms with Crippen molar-refractivity contribution < 1.29 is 9.47 Å². The van der Waals surface area contributed by atoms with Crippen molar-refractivity contribution in [2.45, 2.75) is 24.9 Å². The van der Waals surface area contributed by atoms with Crippen LogP contribution < -0.4 is 5.32 Å². The molecule has 0 aromatic rings. The van der Waals surface area contributed by atoms with Crippen LogP contribution in [0, 0.1) is 0 Å². The molecule has 0 saturated carbocycles. The third kappa shape index (κ3) is 2.77. The molecule has 0 unspecified atom stereocenters. The summed E-state index contributed by atoms with van der Waals surface area (Å²) in [4.78, 5) is 0. The molecule has 0 amide bonds. The summed E-state index contributed by atoms with van der Waals surface area (Å²) in [6.45, 7) is 1.64. The van der Waals surface area contributed by atoms with Crippen LogP contribution in [0.3, 0.4) is 0 Å². The fourth-order valence-electron chi connectivity index (χ4n) is 1.57. The molecule has 0 bridgehead atoms. The maximum Gasteiger partial charge on any atom is 0.0615 e. The average Bonchev–Trinajstić information content (AvgIpc) is 2.38. The van der Waals surface area contributed by atoms with Crippen LogP contribution in [0.2, 0.25) is 0 Å². The van der Waals surface area contributed by atoms with Crippen molar-refractivity contribution in [3.63, 3.8) is 0 Å². The predicted molar refractivity (Wildman–Crippen MR) is 43.7 cm³/mol. The fraction of sp³-hybridized carbons (Fsp3) is 1.00. The first-order valence-corrected chi connectivity index (χ1v) is 4.10. The third-order valence-corrected chi connectivity index (χ3v) is 2.07. The molecule has 0 aromatic heterocycles. The van der Waals surface area contributed by atoms with Crippen LogP contribution in [0.25, 0.3) is 0 Å². The molecule has 66 valence electrons. The minimum absolute atomic E-state index is 0.542. The summed E-state index contributed by atoms with van der Waals surface area (Å²) in [5.74, 6) is 0. The van der Waals surface area contributed by atoms with Crippen LogP contribution in [0.5, 0.6) is 0 Å². The van der Waals surface area contributed by atoms with Gasteiger partial charge in [0, 0.05) is 26.3 Å². The van der Waals surface area contributed by atoms with E-state index in [1.807, 2.05) is 0 Å². The molecule has 11 heavy (non-hydrogen) atoms. The first kappa shape index (κ1) is 8.97. The lowest BCUT2D eigenvalue weighted by molar-refractivity contribution is 0.153. The molecule has 0 aliphatic carbocycles. The van der Waals surface area contributed by atoms with E-state index in [1.54, 1.807) is 14.2 Å². The van der Waals surface area contributed by atoms with E-state index in [-0.39, 0.29) is 0 Å². The van der Waals surface area contributed by atoms with E-state index >= 15 is 0 Å². The minimum Gasteiger partial charge on any atom is -0.383 e. The summed E-state index contributed by atoms with van der Waals surface area (Å²) in [5, 5.41) is 3.44. The Morgan fingerprint density at radius 3 is 1.91 bits per heavy atom. The highest BCUT2D eigenvalue weighted by molar-refractivity contribution is 4.82. The van der Waals surface area contributed by atoms with Crippen molar-refractivity contribution in [1.82, 2.24) is 5.32 Å². The molecule has 0 aromatic carbocycles. The molecule has 0 spiro atoms. The van der Waals surface area contributed by atoms with E-state index in [0.717, 1.165) is 13.2 Å². The second-order valence-electron chi connectivity index (χ2n) is 3.05. The Labute approximate surface area is 68.1 Å². The lowest BCUT2D eigenvalue weighted by Crippen LogP contribution is -2.34. The van der Waals surface area contributed by atoms with Crippen LogP contribution in [0.1, 0.15) is 12.8 Å². The highest BCUT2D eigenvalue weighted by atomic mass is 16.5. The van der Waals surface area contributed by atoms with Gasteiger partial charge in [0.05, 0.1) is 13.2 Å². The number of ether oxygens (including phenoxy) is 2. The fourth-order valence-corrected chi connectivity index (χ4v) is 1.57. The Kier molecular flexibility index (Phi) is 3.83. The Hall–Kier alpha value is -0.120. The number of hydrogen-bond acceptors (Lipinski definition) is 3. The number of rotatable bonds is 4. The highest BCUT2D eigenvalue weighted by Crippen LogP contribution is 2.12. The number of nitrogens with one attached hydrogen (secondary N) is 1. The van der Waals surface area contributed by atoms with Crippen LogP contribution in [-0.2, 0) is 9.47 Å². The maximum absolute atomic E-state index is 5.05. The second-order valence-corrected chi connectivity index (χ2v) is 3.05. The molecule has 0 radical (unpaired) electrons. The molecule has 1 aliphatic heterocycles. The Morgan fingerprint density at radius 1 is 1.09 bits per heavy atom. The van der Waals surface area contributed by atoms with Crippen LogP contribution in [0.15, 0.2) is 0 Å². The van der Waals surface area contributed by atoms with Gasteiger partial charge in [0.25, 0.3) is 0 Å². The molecule has 2 atom stereocenters. The van der Waals surface area contributed by atoms with Crippen molar-refractivity contribution in [3.8, 4) is 0 Å². The van der Waals surface area contributed by atoms with E-state index in [4.69, 9.17) is 9.47 Å². The van der Waals surface area contributed by atoms with E-state index < -0.39 is 0 Å². The normalized spacial score (nSPS) is 31.1. The third-order valence-electron chi connectivity index (χ3n) is 2.07. The standard InChI is InChI=1S/C8H17NO2/c1-10-5-7-3-4-8(9-7)6-11-2/h7-9H,3-6H2,1-2H3/t7-,8-/m0/s1. The van der Waals surface area contributed by atoms with Crippen molar-refractivity contribution in [3.05, 3.63) is 0 Å². The van der Waals surface area contributed by atoms with Crippen LogP contribution in [0.4, 0.5) is 0 Å². The first-order chi connectivity index (χ1) is 5.36. The van der Waals surface area contributed by atoms with Crippen molar-refractivity contribution in [1.29, 1.82) is 0 Å². The maximum atomic E-state index is 5.05. The van der Waals surface area contributed by atoms with Gasteiger partial charge in [0.15, 0.2) is 0 Å². The van der Waals surface area contributed by atoms with Crippen molar-refractivity contribution in [2.24, 2.45) is 0 Å². The van der Waals surface area contributed by atoms with Gasteiger partial charge in [0.1, 0.15) is 0 Å².